The number of amides is 2. The van der Waals surface area contributed by atoms with Crippen molar-refractivity contribution in [3.63, 3.8) is 0 Å². The first-order valence-corrected chi connectivity index (χ1v) is 10.3. The molecule has 176 valence electrons. The van der Waals surface area contributed by atoms with E-state index in [1.807, 2.05) is 0 Å². The van der Waals surface area contributed by atoms with Crippen LogP contribution < -0.4 is 10.6 Å². The number of ketones is 1. The van der Waals surface area contributed by atoms with Gasteiger partial charge in [0.15, 0.2) is 0 Å². The minimum absolute atomic E-state index is 0.106. The number of halogens is 4. The molecule has 1 aliphatic rings. The van der Waals surface area contributed by atoms with Crippen molar-refractivity contribution in [3.8, 4) is 17.9 Å². The molecule has 1 heterocycles. The van der Waals surface area contributed by atoms with Gasteiger partial charge in [0, 0.05) is 31.3 Å². The van der Waals surface area contributed by atoms with Crippen LogP contribution >= 0.6 is 11.6 Å². The van der Waals surface area contributed by atoms with Crippen molar-refractivity contribution in [1.82, 2.24) is 9.88 Å². The molecule has 34 heavy (non-hydrogen) atoms. The summed E-state index contributed by atoms with van der Waals surface area (Å²) in [4.78, 5) is 38.3. The number of nitriles is 1. The highest BCUT2D eigenvalue weighted by molar-refractivity contribution is 6.48. The Balaban J connectivity index is 1.87. The predicted octanol–water partition coefficient (Wildman–Crippen LogP) is 3.74. The number of carbonyl (C=O) groups is 3. The third-order valence-electron chi connectivity index (χ3n) is 5.46. The van der Waals surface area contributed by atoms with Gasteiger partial charge < -0.3 is 15.2 Å². The van der Waals surface area contributed by atoms with Crippen molar-refractivity contribution < 1.29 is 27.6 Å². The van der Waals surface area contributed by atoms with Crippen molar-refractivity contribution in [1.29, 1.82) is 5.26 Å². The van der Waals surface area contributed by atoms with Crippen molar-refractivity contribution in [2.24, 2.45) is 7.05 Å². The van der Waals surface area contributed by atoms with Crippen LogP contribution in [0.25, 0.3) is 0 Å². The fraction of sp³-hybridized carbons (Fsp3) is 0.304. The molecule has 2 N–H and O–H groups in total. The number of benzene rings is 1. The van der Waals surface area contributed by atoms with Crippen LogP contribution in [0.1, 0.15) is 51.9 Å². The van der Waals surface area contributed by atoms with Crippen molar-refractivity contribution >= 4 is 34.9 Å². The summed E-state index contributed by atoms with van der Waals surface area (Å²) in [5.41, 5.74) is -1.96. The molecule has 3 rings (SSSR count). The van der Waals surface area contributed by atoms with Crippen LogP contribution in [0, 0.1) is 35.9 Å². The quantitative estimate of drug-likeness (QED) is 0.378. The molecule has 0 atom stereocenters. The van der Waals surface area contributed by atoms with Gasteiger partial charge in [0.25, 0.3) is 23.5 Å². The zero-order chi connectivity index (χ0) is 25.4. The lowest BCUT2D eigenvalue weighted by molar-refractivity contribution is -0.133. The predicted molar refractivity (Wildman–Crippen MR) is 117 cm³/mol. The highest BCUT2D eigenvalue weighted by atomic mass is 35.5. The zero-order valence-electron chi connectivity index (χ0n) is 18.3. The third-order valence-corrected chi connectivity index (χ3v) is 5.83. The monoisotopic (exact) mass is 490 g/mol. The lowest BCUT2D eigenvalue weighted by Crippen LogP contribution is -2.62. The molecule has 0 bridgehead atoms. The number of rotatable bonds is 5. The Morgan fingerprint density at radius 3 is 2.44 bits per heavy atom. The first kappa shape index (κ1) is 24.9. The van der Waals surface area contributed by atoms with E-state index in [4.69, 9.17) is 16.9 Å². The fourth-order valence-corrected chi connectivity index (χ4v) is 4.26. The summed E-state index contributed by atoms with van der Waals surface area (Å²) in [6.45, 7) is 2.88. The Morgan fingerprint density at radius 1 is 1.24 bits per heavy atom. The van der Waals surface area contributed by atoms with Crippen LogP contribution in [-0.4, -0.2) is 33.6 Å². The van der Waals surface area contributed by atoms with Gasteiger partial charge in [0.05, 0.1) is 16.1 Å². The van der Waals surface area contributed by atoms with Crippen LogP contribution in [-0.2, 0) is 11.8 Å². The summed E-state index contributed by atoms with van der Waals surface area (Å²) in [5, 5.41) is 13.4. The topological polar surface area (TPSA) is 104 Å². The first-order chi connectivity index (χ1) is 15.8. The standard InChI is InChI=1S/C23H18ClF3N4O3/c1-4-7-22(10-23(26,27)11-22)30-21(34)19(32)16-12(2)31(3)18(17(16)24)20(33)29-14-5-6-15(25)13(8-14)9-28/h5-6,8H,10-11H2,1-3H3,(H,29,33)(H,30,34). The molecular weight excluding hydrogens is 473 g/mol. The largest absolute Gasteiger partial charge is 0.342 e. The number of alkyl halides is 2. The summed E-state index contributed by atoms with van der Waals surface area (Å²) in [6.07, 6.45) is -1.45. The van der Waals surface area contributed by atoms with Gasteiger partial charge in [0.2, 0.25) is 0 Å². The Hall–Kier alpha value is -3.76. The van der Waals surface area contributed by atoms with Crippen molar-refractivity contribution in [2.75, 3.05) is 5.32 Å². The van der Waals surface area contributed by atoms with Crippen molar-refractivity contribution in [2.45, 2.75) is 38.2 Å². The highest BCUT2D eigenvalue weighted by Gasteiger charge is 2.57. The number of nitrogens with one attached hydrogen (secondary N) is 2. The number of aromatic nitrogens is 1. The molecule has 0 unspecified atom stereocenters. The van der Waals surface area contributed by atoms with E-state index in [-0.39, 0.29) is 33.2 Å². The second kappa shape index (κ2) is 8.88. The van der Waals surface area contributed by atoms with Gasteiger partial charge in [-0.2, -0.15) is 5.26 Å². The molecule has 7 nitrogen and oxygen atoms in total. The molecule has 0 saturated heterocycles. The Kier molecular flexibility index (Phi) is 6.50. The summed E-state index contributed by atoms with van der Waals surface area (Å²) in [7, 11) is 1.44. The zero-order valence-corrected chi connectivity index (χ0v) is 19.0. The lowest BCUT2D eigenvalue weighted by atomic mass is 9.73. The van der Waals surface area contributed by atoms with Gasteiger partial charge in [-0.15, -0.1) is 5.92 Å². The smallest absolute Gasteiger partial charge is 0.293 e. The summed E-state index contributed by atoms with van der Waals surface area (Å²) >= 11 is 6.30. The molecule has 0 aliphatic heterocycles. The van der Waals surface area contributed by atoms with Crippen LogP contribution in [0.2, 0.25) is 5.02 Å². The molecular formula is C23H18ClF3N4O3. The summed E-state index contributed by atoms with van der Waals surface area (Å²) < 4.78 is 41.7. The SMILES string of the molecule is CC#CC1(NC(=O)C(=O)c2c(Cl)c(C(=O)Nc3ccc(F)c(C#N)c3)n(C)c2C)CC(F)(F)C1. The number of carbonyl (C=O) groups excluding carboxylic acids is 3. The van der Waals surface area contributed by atoms with Crippen LogP contribution in [0.4, 0.5) is 18.9 Å². The molecule has 11 heteroatoms. The normalized spacial score (nSPS) is 15.2. The Bertz CT molecular complexity index is 1320. The summed E-state index contributed by atoms with van der Waals surface area (Å²) in [5.74, 6) is -1.83. The maximum absolute atomic E-state index is 13.5. The fourth-order valence-electron chi connectivity index (χ4n) is 3.82. The Morgan fingerprint density at radius 2 is 1.88 bits per heavy atom. The van der Waals surface area contributed by atoms with E-state index < -0.39 is 47.7 Å². The number of hydrogen-bond donors (Lipinski definition) is 2. The highest BCUT2D eigenvalue weighted by Crippen LogP contribution is 2.45. The average Bonchev–Trinajstić information content (AvgIpc) is 2.95. The van der Waals surface area contributed by atoms with Crippen LogP contribution in [0.15, 0.2) is 18.2 Å². The average molecular weight is 491 g/mol. The maximum atomic E-state index is 13.5. The van der Waals surface area contributed by atoms with Gasteiger partial charge in [-0.25, -0.2) is 13.2 Å². The van der Waals surface area contributed by atoms with Gasteiger partial charge in [-0.3, -0.25) is 14.4 Å². The number of hydrogen-bond acceptors (Lipinski definition) is 4. The van der Waals surface area contributed by atoms with Crippen molar-refractivity contribution in [3.05, 3.63) is 51.6 Å². The minimum atomic E-state index is -3.00. The molecule has 2 amide bonds. The molecule has 1 aromatic carbocycles. The van der Waals surface area contributed by atoms with E-state index in [1.165, 1.54) is 31.5 Å². The van der Waals surface area contributed by atoms with Crippen LogP contribution in [0.3, 0.4) is 0 Å². The number of Topliss-reactive ketones (excluding diaryl/α,β-unsaturated/α-hetero) is 1. The van der Waals surface area contributed by atoms with E-state index in [0.29, 0.717) is 0 Å². The molecule has 2 aromatic rings. The molecule has 1 saturated carbocycles. The van der Waals surface area contributed by atoms with Gasteiger partial charge in [0.1, 0.15) is 23.1 Å². The van der Waals surface area contributed by atoms with Crippen LogP contribution in [0.5, 0.6) is 0 Å². The maximum Gasteiger partial charge on any atom is 0.293 e. The molecule has 1 aromatic heterocycles. The lowest BCUT2D eigenvalue weighted by Gasteiger charge is -2.43. The number of nitrogens with zero attached hydrogens (tertiary/aromatic N) is 2. The number of anilines is 1. The molecule has 1 fully saturated rings. The van der Waals surface area contributed by atoms with E-state index in [0.717, 1.165) is 12.1 Å². The molecule has 0 radical (unpaired) electrons. The second-order valence-corrected chi connectivity index (χ2v) is 8.27. The van der Waals surface area contributed by atoms with E-state index in [1.54, 1.807) is 6.07 Å². The van der Waals surface area contributed by atoms with Gasteiger partial charge in [-0.1, -0.05) is 17.5 Å². The Labute approximate surface area is 197 Å². The van der Waals surface area contributed by atoms with E-state index >= 15 is 0 Å². The van der Waals surface area contributed by atoms with E-state index in [9.17, 15) is 27.6 Å². The third kappa shape index (κ3) is 4.50. The van der Waals surface area contributed by atoms with E-state index in [2.05, 4.69) is 22.5 Å². The summed E-state index contributed by atoms with van der Waals surface area (Å²) in [6, 6.07) is 5.02. The molecule has 0 spiro atoms. The first-order valence-electron chi connectivity index (χ1n) is 9.89. The molecule has 1 aliphatic carbocycles. The second-order valence-electron chi connectivity index (χ2n) is 7.89. The van der Waals surface area contributed by atoms with Gasteiger partial charge >= 0.3 is 0 Å². The minimum Gasteiger partial charge on any atom is -0.342 e. The van der Waals surface area contributed by atoms with Gasteiger partial charge in [-0.05, 0) is 32.0 Å².